The molecule has 0 bridgehead atoms. The van der Waals surface area contributed by atoms with Crippen LogP contribution < -0.4 is 10.2 Å². The van der Waals surface area contributed by atoms with Crippen molar-refractivity contribution >= 4 is 17.5 Å². The van der Waals surface area contributed by atoms with Crippen LogP contribution in [0.5, 0.6) is 0 Å². The third kappa shape index (κ3) is 5.35. The van der Waals surface area contributed by atoms with Gasteiger partial charge in [0.1, 0.15) is 11.7 Å². The third-order valence-corrected chi connectivity index (χ3v) is 6.49. The van der Waals surface area contributed by atoms with Gasteiger partial charge in [-0.05, 0) is 54.3 Å². The van der Waals surface area contributed by atoms with Crippen LogP contribution in [-0.4, -0.2) is 58.8 Å². The molecule has 188 valence electrons. The molecule has 3 aromatic rings. The summed E-state index contributed by atoms with van der Waals surface area (Å²) in [5.74, 6) is 4.50. The number of amides is 2. The number of hydrogen-bond donors (Lipinski definition) is 2. The number of ether oxygens (including phenoxy) is 1. The molecule has 5 rings (SSSR count). The van der Waals surface area contributed by atoms with Gasteiger partial charge in [-0.25, -0.2) is 4.98 Å². The van der Waals surface area contributed by atoms with E-state index >= 15 is 0 Å². The van der Waals surface area contributed by atoms with E-state index in [4.69, 9.17) is 4.74 Å². The van der Waals surface area contributed by atoms with Crippen LogP contribution in [0.3, 0.4) is 0 Å². The Morgan fingerprint density at radius 2 is 2.08 bits per heavy atom. The molecular weight excluding hydrogens is 475 g/mol. The van der Waals surface area contributed by atoms with Gasteiger partial charge in [0.2, 0.25) is 11.9 Å². The number of aromatic nitrogens is 2. The lowest BCUT2D eigenvalue weighted by atomic mass is 10.0. The first-order valence-electron chi connectivity index (χ1n) is 11.9. The van der Waals surface area contributed by atoms with Gasteiger partial charge in [-0.2, -0.15) is 4.39 Å². The maximum atomic E-state index is 13.9. The number of nitrogens with zero attached hydrogens (tertiary/aromatic N) is 3. The van der Waals surface area contributed by atoms with E-state index in [1.807, 2.05) is 18.2 Å². The van der Waals surface area contributed by atoms with E-state index in [-0.39, 0.29) is 31.2 Å². The molecule has 0 saturated carbocycles. The SMILES string of the molecule is CN1C(=O)[C@H](NC(=O)c2cc(Cc3cccnc3F)ccn2)CCc2ccc(C#CC3(O)COC3)cc21. The number of nitrogens with one attached hydrogen (secondary N) is 1. The van der Waals surface area contributed by atoms with Crippen LogP contribution in [0, 0.1) is 17.8 Å². The fraction of sp³-hybridized carbons (Fsp3) is 0.286. The molecule has 1 aromatic carbocycles. The topological polar surface area (TPSA) is 105 Å². The quantitative estimate of drug-likeness (QED) is 0.420. The molecule has 37 heavy (non-hydrogen) atoms. The van der Waals surface area contributed by atoms with Crippen molar-refractivity contribution in [2.75, 3.05) is 25.2 Å². The van der Waals surface area contributed by atoms with Crippen LogP contribution in [0.15, 0.2) is 54.9 Å². The first kappa shape index (κ1) is 24.6. The summed E-state index contributed by atoms with van der Waals surface area (Å²) in [6.45, 7) is 0.367. The van der Waals surface area contributed by atoms with Gasteiger partial charge < -0.3 is 20.1 Å². The number of carbonyl (C=O) groups is 2. The van der Waals surface area contributed by atoms with Crippen LogP contribution in [0.2, 0.25) is 0 Å². The van der Waals surface area contributed by atoms with Crippen molar-refractivity contribution in [3.63, 3.8) is 0 Å². The molecule has 0 aliphatic carbocycles. The molecule has 9 heteroatoms. The zero-order chi connectivity index (χ0) is 26.0. The molecule has 2 amide bonds. The summed E-state index contributed by atoms with van der Waals surface area (Å²) in [5, 5.41) is 13.0. The maximum Gasteiger partial charge on any atom is 0.270 e. The second-order valence-corrected chi connectivity index (χ2v) is 9.26. The zero-order valence-electron chi connectivity index (χ0n) is 20.2. The van der Waals surface area contributed by atoms with Gasteiger partial charge in [0, 0.05) is 42.7 Å². The number of likely N-dealkylation sites (N-methyl/N-ethyl adjacent to an activating group) is 1. The van der Waals surface area contributed by atoms with Gasteiger partial charge in [0.05, 0.1) is 13.2 Å². The van der Waals surface area contributed by atoms with E-state index in [1.165, 1.54) is 17.3 Å². The van der Waals surface area contributed by atoms with Crippen LogP contribution in [-0.2, 0) is 22.4 Å². The molecule has 1 fully saturated rings. The van der Waals surface area contributed by atoms with Crippen molar-refractivity contribution in [3.8, 4) is 11.8 Å². The van der Waals surface area contributed by atoms with E-state index in [0.29, 0.717) is 35.2 Å². The average molecular weight is 501 g/mol. The highest BCUT2D eigenvalue weighted by Crippen LogP contribution is 2.28. The largest absolute Gasteiger partial charge is 0.373 e. The van der Waals surface area contributed by atoms with Crippen LogP contribution in [0.1, 0.15) is 39.2 Å². The van der Waals surface area contributed by atoms with Crippen molar-refractivity contribution in [1.82, 2.24) is 15.3 Å². The van der Waals surface area contributed by atoms with Crippen molar-refractivity contribution in [2.24, 2.45) is 0 Å². The second-order valence-electron chi connectivity index (χ2n) is 9.26. The number of carbonyl (C=O) groups excluding carboxylic acids is 2. The highest BCUT2D eigenvalue weighted by molar-refractivity contribution is 6.02. The Morgan fingerprint density at radius 3 is 2.84 bits per heavy atom. The summed E-state index contributed by atoms with van der Waals surface area (Å²) in [4.78, 5) is 35.6. The Balaban J connectivity index is 1.29. The van der Waals surface area contributed by atoms with E-state index in [1.54, 1.807) is 31.3 Å². The Hall–Kier alpha value is -4.13. The number of halogens is 1. The summed E-state index contributed by atoms with van der Waals surface area (Å²) in [7, 11) is 1.66. The molecular formula is C28H25FN4O4. The number of aryl methyl sites for hydroxylation is 1. The standard InChI is InChI=1S/C28H25FN4O4/c1-33-24-15-18(8-10-28(36)16-37-17-28)4-5-20(24)6-7-22(27(33)35)32-26(34)23-14-19(9-12-30-23)13-21-3-2-11-31-25(21)29/h2-5,9,11-12,14-15,22,36H,6-7,13,16-17H2,1H3,(H,32,34)/t22-/m1/s1. The van der Waals surface area contributed by atoms with Crippen molar-refractivity contribution < 1.29 is 23.8 Å². The van der Waals surface area contributed by atoms with Crippen LogP contribution >= 0.6 is 0 Å². The molecule has 2 N–H and O–H groups in total. The molecule has 2 aliphatic heterocycles. The molecule has 8 nitrogen and oxygen atoms in total. The minimum Gasteiger partial charge on any atom is -0.373 e. The summed E-state index contributed by atoms with van der Waals surface area (Å²) >= 11 is 0. The number of rotatable bonds is 4. The maximum absolute atomic E-state index is 13.9. The molecule has 0 radical (unpaired) electrons. The first-order chi connectivity index (χ1) is 17.8. The summed E-state index contributed by atoms with van der Waals surface area (Å²) < 4.78 is 19.0. The summed E-state index contributed by atoms with van der Waals surface area (Å²) in [6, 6.07) is 11.4. The van der Waals surface area contributed by atoms with E-state index in [0.717, 1.165) is 5.56 Å². The number of anilines is 1. The molecule has 4 heterocycles. The van der Waals surface area contributed by atoms with Crippen LogP contribution in [0.4, 0.5) is 10.1 Å². The predicted molar refractivity (Wildman–Crippen MR) is 133 cm³/mol. The Kier molecular flexibility index (Phi) is 6.70. The molecule has 1 saturated heterocycles. The van der Waals surface area contributed by atoms with Gasteiger partial charge in [0.25, 0.3) is 5.91 Å². The molecule has 2 aromatic heterocycles. The van der Waals surface area contributed by atoms with Gasteiger partial charge in [-0.3, -0.25) is 14.6 Å². The summed E-state index contributed by atoms with van der Waals surface area (Å²) in [6.07, 6.45) is 4.13. The normalized spacial score (nSPS) is 18.1. The number of pyridine rings is 2. The van der Waals surface area contributed by atoms with E-state index in [9.17, 15) is 19.1 Å². The molecule has 0 unspecified atom stereocenters. The number of benzene rings is 1. The highest BCUT2D eigenvalue weighted by Gasteiger charge is 2.34. The zero-order valence-corrected chi connectivity index (χ0v) is 20.2. The van der Waals surface area contributed by atoms with E-state index < -0.39 is 23.5 Å². The van der Waals surface area contributed by atoms with Gasteiger partial charge in [0.15, 0.2) is 5.60 Å². The van der Waals surface area contributed by atoms with Gasteiger partial charge in [-0.15, -0.1) is 0 Å². The minimum absolute atomic E-state index is 0.148. The lowest BCUT2D eigenvalue weighted by Crippen LogP contribution is -2.48. The lowest BCUT2D eigenvalue weighted by Gasteiger charge is -2.30. The lowest BCUT2D eigenvalue weighted by molar-refractivity contribution is -0.140. The highest BCUT2D eigenvalue weighted by atomic mass is 19.1. The van der Waals surface area contributed by atoms with Crippen molar-refractivity contribution in [2.45, 2.75) is 30.9 Å². The first-order valence-corrected chi connectivity index (χ1v) is 11.9. The average Bonchev–Trinajstić information content (AvgIpc) is 3.00. The molecule has 0 spiro atoms. The van der Waals surface area contributed by atoms with Gasteiger partial charge >= 0.3 is 0 Å². The fourth-order valence-corrected chi connectivity index (χ4v) is 4.34. The number of aliphatic hydroxyl groups is 1. The number of fused-ring (bicyclic) bond motifs is 1. The Bertz CT molecular complexity index is 1430. The fourth-order valence-electron chi connectivity index (χ4n) is 4.34. The van der Waals surface area contributed by atoms with Gasteiger partial charge in [-0.1, -0.05) is 24.0 Å². The predicted octanol–water partition coefficient (Wildman–Crippen LogP) is 2.03. The molecule has 2 aliphatic rings. The second kappa shape index (κ2) is 10.1. The Morgan fingerprint density at radius 1 is 1.24 bits per heavy atom. The minimum atomic E-state index is -1.12. The number of hydrogen-bond acceptors (Lipinski definition) is 6. The van der Waals surface area contributed by atoms with Crippen molar-refractivity contribution in [1.29, 1.82) is 0 Å². The smallest absolute Gasteiger partial charge is 0.270 e. The van der Waals surface area contributed by atoms with Crippen LogP contribution in [0.25, 0.3) is 0 Å². The Labute approximate surface area is 213 Å². The third-order valence-electron chi connectivity index (χ3n) is 6.49. The molecule has 1 atom stereocenters. The van der Waals surface area contributed by atoms with Crippen molar-refractivity contribution in [3.05, 3.63) is 88.8 Å². The van der Waals surface area contributed by atoms with E-state index in [2.05, 4.69) is 27.1 Å². The summed E-state index contributed by atoms with van der Waals surface area (Å²) in [5.41, 5.74) is 2.49. The monoisotopic (exact) mass is 500 g/mol.